The number of hydrogen-bond acceptors (Lipinski definition) is 5. The first-order valence-corrected chi connectivity index (χ1v) is 13.1. The van der Waals surface area contributed by atoms with Crippen LogP contribution in [0.15, 0.2) is 0 Å². The molecule has 1 aromatic carbocycles. The third kappa shape index (κ3) is 11.4. The van der Waals surface area contributed by atoms with Gasteiger partial charge in [0.05, 0.1) is 47.1 Å². The number of carbonyl (C=O) groups excluding carboxylic acids is 4. The maximum absolute atomic E-state index is 11.2. The zero-order chi connectivity index (χ0) is 28.7. The second-order valence-electron chi connectivity index (χ2n) is 5.62. The Morgan fingerprint density at radius 3 is 1.11 bits per heavy atom. The highest BCUT2D eigenvalue weighted by Gasteiger charge is 2.27. The second kappa shape index (κ2) is 16.0. The minimum absolute atomic E-state index is 0.00926. The van der Waals surface area contributed by atoms with Gasteiger partial charge in [0.1, 0.15) is 9.75 Å². The number of alkyl halides is 3. The average molecular weight is 751 g/mol. The molecule has 0 radical (unpaired) electrons. The summed E-state index contributed by atoms with van der Waals surface area (Å²) in [6, 6.07) is 0. The van der Waals surface area contributed by atoms with E-state index in [1.54, 1.807) is 0 Å². The molecule has 0 spiro atoms. The molecule has 1 aromatic heterocycles. The van der Waals surface area contributed by atoms with Crippen molar-refractivity contribution in [1.29, 1.82) is 0 Å². The lowest BCUT2D eigenvalue weighted by molar-refractivity contribution is -0.140. The van der Waals surface area contributed by atoms with Crippen molar-refractivity contribution in [2.75, 3.05) is 0 Å². The van der Waals surface area contributed by atoms with Crippen LogP contribution in [0.3, 0.4) is 0 Å². The topological polar surface area (TPSA) is 68.3 Å². The molecule has 0 fully saturated rings. The van der Waals surface area contributed by atoms with Gasteiger partial charge >= 0.3 is 6.18 Å². The molecule has 0 unspecified atom stereocenters. The Kier molecular flexibility index (Phi) is 16.2. The lowest BCUT2D eigenvalue weighted by Crippen LogP contribution is -2.08. The first-order valence-electron chi connectivity index (χ1n) is 8.08. The van der Waals surface area contributed by atoms with Crippen LogP contribution in [-0.4, -0.2) is 27.1 Å². The maximum atomic E-state index is 11.2. The van der Waals surface area contributed by atoms with Gasteiger partial charge in [0.2, 0.25) is 5.24 Å². The van der Waals surface area contributed by atoms with Crippen LogP contribution in [0.1, 0.15) is 42.5 Å². The van der Waals surface area contributed by atoms with Gasteiger partial charge in [-0.1, -0.05) is 81.2 Å². The van der Waals surface area contributed by atoms with Crippen molar-refractivity contribution >= 4 is 160 Å². The molecule has 200 valence electrons. The summed E-state index contributed by atoms with van der Waals surface area (Å²) in [7, 11) is 0. The summed E-state index contributed by atoms with van der Waals surface area (Å²) in [4.78, 5) is 42.2. The van der Waals surface area contributed by atoms with E-state index < -0.39 is 40.0 Å². The number of halogens is 14. The Bertz CT molecular complexity index is 1120. The predicted octanol–water partition coefficient (Wildman–Crippen LogP) is 11.2. The highest BCUT2D eigenvalue weighted by atomic mass is 35.5. The summed E-state index contributed by atoms with van der Waals surface area (Å²) in [5, 5.41) is -3.71. The zero-order valence-electron chi connectivity index (χ0n) is 16.2. The van der Waals surface area contributed by atoms with Crippen LogP contribution < -0.4 is 0 Å². The molecule has 0 aliphatic heterocycles. The van der Waals surface area contributed by atoms with Crippen molar-refractivity contribution in [2.45, 2.75) is 19.0 Å². The van der Waals surface area contributed by atoms with E-state index in [9.17, 15) is 32.3 Å². The summed E-state index contributed by atoms with van der Waals surface area (Å²) in [5.74, 6) is 0. The minimum atomic E-state index is -4.27. The molecule has 0 atom stereocenters. The molecule has 0 bridgehead atoms. The highest BCUT2D eigenvalue weighted by molar-refractivity contribution is 7.20. The second-order valence-corrected chi connectivity index (χ2v) is 10.7. The molecule has 0 N–H and O–H groups in total. The zero-order valence-corrected chi connectivity index (χ0v) is 25.4. The molecule has 2 rings (SSSR count). The van der Waals surface area contributed by atoms with E-state index in [1.165, 1.54) is 0 Å². The van der Waals surface area contributed by atoms with E-state index in [0.29, 0.717) is 0 Å². The molecule has 19 heteroatoms. The van der Waals surface area contributed by atoms with Gasteiger partial charge < -0.3 is 0 Å². The third-order valence-electron chi connectivity index (χ3n) is 3.16. The number of benzene rings is 1. The van der Waals surface area contributed by atoms with Crippen molar-refractivity contribution in [1.82, 2.24) is 0 Å². The summed E-state index contributed by atoms with van der Waals surface area (Å²) in [5.41, 5.74) is -0.144. The molecule has 0 aliphatic carbocycles. The fourth-order valence-corrected chi connectivity index (χ4v) is 5.32. The van der Waals surface area contributed by atoms with Crippen LogP contribution in [0.2, 0.25) is 35.2 Å². The molecule has 2 aromatic rings. The Hall–Kier alpha value is 0.580. The van der Waals surface area contributed by atoms with Crippen LogP contribution in [0.25, 0.3) is 0 Å². The molecule has 4 nitrogen and oxygen atoms in total. The molecule has 0 aliphatic rings. The van der Waals surface area contributed by atoms with Gasteiger partial charge in [-0.15, -0.1) is 11.3 Å². The van der Waals surface area contributed by atoms with Crippen molar-refractivity contribution in [3.63, 3.8) is 0 Å². The number of hydrogen-bond donors (Lipinski definition) is 0. The third-order valence-corrected chi connectivity index (χ3v) is 8.68. The monoisotopic (exact) mass is 746 g/mol. The van der Waals surface area contributed by atoms with Crippen LogP contribution in [0.4, 0.5) is 13.2 Å². The van der Waals surface area contributed by atoms with Gasteiger partial charge in [-0.25, -0.2) is 0 Å². The van der Waals surface area contributed by atoms with Crippen molar-refractivity contribution in [2.24, 2.45) is 0 Å². The van der Waals surface area contributed by atoms with Crippen LogP contribution >= 0.6 is 139 Å². The van der Waals surface area contributed by atoms with E-state index in [2.05, 4.69) is 11.6 Å². The molecular formula is C17H4Cl11F3O4S. The molecule has 1 heterocycles. The van der Waals surface area contributed by atoms with Gasteiger partial charge in [-0.2, -0.15) is 13.2 Å². The summed E-state index contributed by atoms with van der Waals surface area (Å²) in [6.07, 6.45) is -6.04. The number of rotatable bonds is 5. The van der Waals surface area contributed by atoms with E-state index in [-0.39, 0.29) is 50.5 Å². The van der Waals surface area contributed by atoms with E-state index >= 15 is 0 Å². The van der Waals surface area contributed by atoms with Gasteiger partial charge in [-0.3, -0.25) is 19.2 Å². The van der Waals surface area contributed by atoms with Crippen molar-refractivity contribution < 1.29 is 32.3 Å². The summed E-state index contributed by atoms with van der Waals surface area (Å²) >= 11 is 60.7. The fourth-order valence-electron chi connectivity index (χ4n) is 1.66. The number of carbonyl (C=O) groups is 4. The highest BCUT2D eigenvalue weighted by Crippen LogP contribution is 2.44. The first-order chi connectivity index (χ1) is 16.2. The Labute approximate surface area is 259 Å². The molecule has 36 heavy (non-hydrogen) atoms. The van der Waals surface area contributed by atoms with E-state index in [0.717, 1.165) is 11.3 Å². The van der Waals surface area contributed by atoms with Gasteiger partial charge in [0.15, 0.2) is 0 Å². The maximum Gasteiger partial charge on any atom is 0.389 e. The fraction of sp³-hybridized carbons (Fsp3) is 0.176. The summed E-state index contributed by atoms with van der Waals surface area (Å²) < 4.78 is 33.6. The van der Waals surface area contributed by atoms with E-state index in [4.69, 9.17) is 116 Å². The molecular weight excluding hydrogens is 747 g/mol. The molecule has 0 saturated heterocycles. The lowest BCUT2D eigenvalue weighted by atomic mass is 10.2. The molecule has 0 amide bonds. The predicted molar refractivity (Wildman–Crippen MR) is 143 cm³/mol. The smallest absolute Gasteiger partial charge is 0.281 e. The van der Waals surface area contributed by atoms with E-state index in [1.807, 2.05) is 0 Å². The minimum Gasteiger partial charge on any atom is -0.281 e. The Morgan fingerprint density at radius 1 is 0.583 bits per heavy atom. The number of thiophene rings is 1. The normalized spacial score (nSPS) is 10.6. The average Bonchev–Trinajstić information content (AvgIpc) is 3.05. The van der Waals surface area contributed by atoms with Gasteiger partial charge in [0, 0.05) is 6.42 Å². The first kappa shape index (κ1) is 36.6. The largest absolute Gasteiger partial charge is 0.389 e. The Balaban J connectivity index is 0.000000524. The van der Waals surface area contributed by atoms with Crippen molar-refractivity contribution in [3.8, 4) is 0 Å². The SMILES string of the molecule is O=C(Cl)CCC(F)(F)F.O=C(Cl)c1c(Cl)c(Cl)c(Cl)c(Cl)c1Cl.O=C(Cl)c1sc(C(=O)Cl)c(Cl)c1Cl. The van der Waals surface area contributed by atoms with Gasteiger partial charge in [-0.05, 0) is 46.4 Å². The quantitative estimate of drug-likeness (QED) is 0.173. The Morgan fingerprint density at radius 2 is 0.917 bits per heavy atom. The van der Waals surface area contributed by atoms with Gasteiger partial charge in [0.25, 0.3) is 15.7 Å². The molecule has 0 saturated carbocycles. The van der Waals surface area contributed by atoms with Crippen LogP contribution in [0, 0.1) is 0 Å². The van der Waals surface area contributed by atoms with Crippen LogP contribution in [-0.2, 0) is 4.79 Å². The standard InChI is InChI=1S/C7Cl6O.C6Cl4O2S.C4H4ClF3O/c8-2-1(7(13)14)3(9)5(11)6(12)4(2)10;7-1-2(8)4(6(10)12)13-3(1)5(9)11;5-3(9)1-2-4(6,7)8/h;;1-2H2. The van der Waals surface area contributed by atoms with Crippen LogP contribution in [0.5, 0.6) is 0 Å². The van der Waals surface area contributed by atoms with Crippen molar-refractivity contribution in [3.05, 3.63) is 50.5 Å². The lowest BCUT2D eigenvalue weighted by Gasteiger charge is -2.08. The summed E-state index contributed by atoms with van der Waals surface area (Å²) in [6.45, 7) is 0.